The second-order valence-electron chi connectivity index (χ2n) is 6.52. The first-order chi connectivity index (χ1) is 15.1. The topological polar surface area (TPSA) is 76.7 Å². The van der Waals surface area contributed by atoms with Crippen molar-refractivity contribution < 1.29 is 19.1 Å². The van der Waals surface area contributed by atoms with Crippen LogP contribution in [0.25, 0.3) is 6.08 Å². The van der Waals surface area contributed by atoms with Gasteiger partial charge in [0.1, 0.15) is 5.75 Å². The molecule has 2 N–H and O–H groups in total. The van der Waals surface area contributed by atoms with Crippen molar-refractivity contribution in [3.63, 3.8) is 0 Å². The Balaban J connectivity index is 1.53. The lowest BCUT2D eigenvalue weighted by Crippen LogP contribution is -2.22. The van der Waals surface area contributed by atoms with Gasteiger partial charge in [-0.3, -0.25) is 4.79 Å². The van der Waals surface area contributed by atoms with Crippen LogP contribution in [-0.4, -0.2) is 25.0 Å². The Morgan fingerprint density at radius 1 is 0.903 bits per heavy atom. The average molecular weight is 416 g/mol. The molecule has 0 aromatic heterocycles. The number of esters is 1. The quantitative estimate of drug-likeness (QED) is 0.375. The first kappa shape index (κ1) is 21.6. The van der Waals surface area contributed by atoms with Crippen LogP contribution in [0.1, 0.15) is 12.5 Å². The normalized spacial score (nSPS) is 10.5. The Kier molecular flexibility index (Phi) is 7.83. The van der Waals surface area contributed by atoms with Crippen LogP contribution in [0.3, 0.4) is 0 Å². The van der Waals surface area contributed by atoms with Gasteiger partial charge < -0.3 is 20.1 Å². The molecular weight excluding hydrogens is 392 g/mol. The lowest BCUT2D eigenvalue weighted by molar-refractivity contribution is -0.137. The fraction of sp³-hybridized carbons (Fsp3) is 0.120. The van der Waals surface area contributed by atoms with Crippen molar-refractivity contribution in [2.75, 3.05) is 23.8 Å². The molecule has 0 saturated carbocycles. The lowest BCUT2D eigenvalue weighted by atomic mass is 10.2. The number of anilines is 2. The molecule has 0 aliphatic rings. The summed E-state index contributed by atoms with van der Waals surface area (Å²) in [5.74, 6) is 0.688. The van der Waals surface area contributed by atoms with Crippen LogP contribution in [0.4, 0.5) is 11.4 Å². The van der Waals surface area contributed by atoms with Crippen molar-refractivity contribution in [2.24, 2.45) is 0 Å². The largest absolute Gasteiger partial charge is 0.463 e. The molecule has 0 aliphatic heterocycles. The summed E-state index contributed by atoms with van der Waals surface area (Å²) in [6.45, 7) is 2.20. The molecule has 6 heteroatoms. The van der Waals surface area contributed by atoms with Gasteiger partial charge in [0.15, 0.2) is 5.75 Å². The fourth-order valence-electron chi connectivity index (χ4n) is 2.72. The zero-order valence-electron chi connectivity index (χ0n) is 17.2. The predicted molar refractivity (Wildman–Crippen MR) is 122 cm³/mol. The van der Waals surface area contributed by atoms with Gasteiger partial charge in [-0.15, -0.1) is 0 Å². The number of carbonyl (C=O) groups excluding carboxylic acids is 2. The summed E-state index contributed by atoms with van der Waals surface area (Å²) >= 11 is 0. The van der Waals surface area contributed by atoms with Crippen molar-refractivity contribution >= 4 is 29.3 Å². The van der Waals surface area contributed by atoms with E-state index in [1.54, 1.807) is 25.1 Å². The first-order valence-electron chi connectivity index (χ1n) is 9.94. The van der Waals surface area contributed by atoms with Crippen LogP contribution in [0, 0.1) is 0 Å². The Morgan fingerprint density at radius 3 is 2.35 bits per heavy atom. The smallest absolute Gasteiger partial charge is 0.330 e. The molecule has 0 atom stereocenters. The van der Waals surface area contributed by atoms with Crippen molar-refractivity contribution in [2.45, 2.75) is 6.92 Å². The molecule has 0 unspecified atom stereocenters. The molecule has 0 saturated heterocycles. The zero-order valence-corrected chi connectivity index (χ0v) is 17.2. The van der Waals surface area contributed by atoms with Crippen molar-refractivity contribution in [3.8, 4) is 11.5 Å². The summed E-state index contributed by atoms with van der Waals surface area (Å²) in [4.78, 5) is 23.8. The minimum atomic E-state index is -0.377. The number of hydrogen-bond acceptors (Lipinski definition) is 5. The average Bonchev–Trinajstić information content (AvgIpc) is 2.79. The Bertz CT molecular complexity index is 1030. The van der Waals surface area contributed by atoms with E-state index in [0.29, 0.717) is 23.8 Å². The maximum absolute atomic E-state index is 12.4. The van der Waals surface area contributed by atoms with Gasteiger partial charge in [-0.05, 0) is 55.0 Å². The number of nitrogens with one attached hydrogen (secondary N) is 2. The molecule has 31 heavy (non-hydrogen) atoms. The first-order valence-corrected chi connectivity index (χ1v) is 9.94. The van der Waals surface area contributed by atoms with Gasteiger partial charge in [-0.25, -0.2) is 4.79 Å². The number of para-hydroxylation sites is 3. The maximum Gasteiger partial charge on any atom is 0.330 e. The molecule has 3 aromatic rings. The van der Waals surface area contributed by atoms with E-state index in [-0.39, 0.29) is 18.4 Å². The van der Waals surface area contributed by atoms with Crippen LogP contribution in [0.2, 0.25) is 0 Å². The Hall–Kier alpha value is -4.06. The number of hydrogen-bond donors (Lipinski definition) is 2. The van der Waals surface area contributed by atoms with Gasteiger partial charge in [-0.1, -0.05) is 42.5 Å². The van der Waals surface area contributed by atoms with Crippen LogP contribution < -0.4 is 15.4 Å². The summed E-state index contributed by atoms with van der Waals surface area (Å²) in [6, 6.07) is 24.0. The van der Waals surface area contributed by atoms with Crippen molar-refractivity contribution in [1.82, 2.24) is 0 Å². The predicted octanol–water partition coefficient (Wildman–Crippen LogP) is 5.11. The third kappa shape index (κ3) is 7.04. The molecule has 6 nitrogen and oxygen atoms in total. The van der Waals surface area contributed by atoms with E-state index in [2.05, 4.69) is 10.6 Å². The number of rotatable bonds is 9. The van der Waals surface area contributed by atoms with Crippen molar-refractivity contribution in [1.29, 1.82) is 0 Å². The summed E-state index contributed by atoms with van der Waals surface area (Å²) < 4.78 is 10.7. The lowest BCUT2D eigenvalue weighted by Gasteiger charge is -2.13. The molecule has 0 bridgehead atoms. The van der Waals surface area contributed by atoms with Crippen LogP contribution in [0.5, 0.6) is 11.5 Å². The summed E-state index contributed by atoms with van der Waals surface area (Å²) in [7, 11) is 0. The number of carbonyl (C=O) groups is 2. The number of ether oxygens (including phenoxy) is 2. The van der Waals surface area contributed by atoms with Gasteiger partial charge in [0.05, 0.1) is 18.8 Å². The van der Waals surface area contributed by atoms with Crippen molar-refractivity contribution in [3.05, 3.63) is 90.5 Å². The summed E-state index contributed by atoms with van der Waals surface area (Å²) in [5.41, 5.74) is 2.24. The molecule has 158 valence electrons. The van der Waals surface area contributed by atoms with Crippen LogP contribution in [-0.2, 0) is 14.3 Å². The maximum atomic E-state index is 12.4. The van der Waals surface area contributed by atoms with Crippen LogP contribution in [0.15, 0.2) is 84.9 Å². The summed E-state index contributed by atoms with van der Waals surface area (Å²) in [5, 5.41) is 5.95. The monoisotopic (exact) mass is 416 g/mol. The second kappa shape index (κ2) is 11.2. The van der Waals surface area contributed by atoms with E-state index in [0.717, 1.165) is 11.3 Å². The molecule has 0 spiro atoms. The Labute approximate surface area is 181 Å². The van der Waals surface area contributed by atoms with Gasteiger partial charge in [0.25, 0.3) is 0 Å². The van der Waals surface area contributed by atoms with Gasteiger partial charge >= 0.3 is 5.97 Å². The van der Waals surface area contributed by atoms with E-state index >= 15 is 0 Å². The SMILES string of the molecule is CCOC(=O)/C=C/c1ccc(NCC(=O)Nc2ccccc2Oc2ccccc2)cc1. The van der Waals surface area contributed by atoms with E-state index in [4.69, 9.17) is 9.47 Å². The van der Waals surface area contributed by atoms with Gasteiger partial charge in [-0.2, -0.15) is 0 Å². The Morgan fingerprint density at radius 2 is 1.61 bits per heavy atom. The van der Waals surface area contributed by atoms with E-state index < -0.39 is 0 Å². The second-order valence-corrected chi connectivity index (χ2v) is 6.52. The molecule has 0 fully saturated rings. The molecule has 3 aromatic carbocycles. The number of benzene rings is 3. The van der Waals surface area contributed by atoms with Gasteiger partial charge in [0, 0.05) is 11.8 Å². The summed E-state index contributed by atoms with van der Waals surface area (Å²) in [6.07, 6.45) is 3.06. The third-order valence-corrected chi connectivity index (χ3v) is 4.19. The minimum Gasteiger partial charge on any atom is -0.463 e. The number of amides is 1. The third-order valence-electron chi connectivity index (χ3n) is 4.19. The van der Waals surface area contributed by atoms with E-state index in [1.807, 2.05) is 66.7 Å². The fourth-order valence-corrected chi connectivity index (χ4v) is 2.72. The molecule has 0 heterocycles. The van der Waals surface area contributed by atoms with Crippen LogP contribution >= 0.6 is 0 Å². The zero-order chi connectivity index (χ0) is 21.9. The highest BCUT2D eigenvalue weighted by Crippen LogP contribution is 2.29. The highest BCUT2D eigenvalue weighted by Gasteiger charge is 2.08. The standard InChI is InChI=1S/C25H24N2O4/c1-2-30-25(29)17-14-19-12-15-20(16-13-19)26-18-24(28)27-22-10-6-7-11-23(22)31-21-8-4-3-5-9-21/h3-17,26H,2,18H2,1H3,(H,27,28)/b17-14+. The molecular formula is C25H24N2O4. The van der Waals surface area contributed by atoms with E-state index in [9.17, 15) is 9.59 Å². The highest BCUT2D eigenvalue weighted by atomic mass is 16.5. The minimum absolute atomic E-state index is 0.0949. The van der Waals surface area contributed by atoms with Gasteiger partial charge in [0.2, 0.25) is 5.91 Å². The molecule has 1 amide bonds. The van der Waals surface area contributed by atoms with E-state index in [1.165, 1.54) is 6.08 Å². The molecule has 3 rings (SSSR count). The molecule has 0 aliphatic carbocycles. The molecule has 0 radical (unpaired) electrons. The highest BCUT2D eigenvalue weighted by molar-refractivity contribution is 5.95.